The second-order valence-electron chi connectivity index (χ2n) is 13.8. The van der Waals surface area contributed by atoms with Gasteiger partial charge in [0.05, 0.1) is 5.41 Å². The second-order valence-corrected chi connectivity index (χ2v) is 13.8. The summed E-state index contributed by atoms with van der Waals surface area (Å²) in [6, 6.07) is 59.3. The topological polar surface area (TPSA) is 60.8 Å². The van der Waals surface area contributed by atoms with Crippen LogP contribution >= 0.6 is 0 Å². The van der Waals surface area contributed by atoms with E-state index in [4.69, 9.17) is 19.7 Å². The van der Waals surface area contributed by atoms with Crippen LogP contribution in [0.4, 0.5) is 0 Å². The number of hydrogen-bond donors (Lipinski definition) is 0. The van der Waals surface area contributed by atoms with Crippen molar-refractivity contribution < 1.29 is 4.74 Å². The van der Waals surface area contributed by atoms with Crippen LogP contribution in [0.5, 0.6) is 11.5 Å². The maximum atomic E-state index is 6.65. The van der Waals surface area contributed by atoms with Gasteiger partial charge < -0.3 is 4.74 Å². The van der Waals surface area contributed by atoms with Crippen molar-refractivity contribution >= 4 is 10.8 Å². The lowest BCUT2D eigenvalue weighted by atomic mass is 9.65. The van der Waals surface area contributed by atoms with E-state index in [1.165, 1.54) is 16.7 Å². The van der Waals surface area contributed by atoms with Gasteiger partial charge in [-0.2, -0.15) is 0 Å². The van der Waals surface area contributed by atoms with Gasteiger partial charge in [0.2, 0.25) is 0 Å². The van der Waals surface area contributed by atoms with Crippen LogP contribution in [-0.4, -0.2) is 19.9 Å². The number of aromatic nitrogens is 4. The fourth-order valence-corrected chi connectivity index (χ4v) is 8.51. The van der Waals surface area contributed by atoms with E-state index in [1.54, 1.807) is 0 Å². The van der Waals surface area contributed by atoms with Crippen LogP contribution in [0, 0.1) is 0 Å². The first-order chi connectivity index (χ1) is 26.8. The maximum Gasteiger partial charge on any atom is 0.164 e. The Kier molecular flexibility index (Phi) is 6.70. The van der Waals surface area contributed by atoms with Crippen molar-refractivity contribution in [2.75, 3.05) is 0 Å². The summed E-state index contributed by atoms with van der Waals surface area (Å²) in [7, 11) is 0. The molecular formula is C49H30N4O. The average Bonchev–Trinajstić information content (AvgIpc) is 3.53. The summed E-state index contributed by atoms with van der Waals surface area (Å²) >= 11 is 0. The fourth-order valence-electron chi connectivity index (χ4n) is 8.51. The van der Waals surface area contributed by atoms with E-state index in [1.807, 2.05) is 48.8 Å². The molecule has 0 amide bonds. The molecule has 54 heavy (non-hydrogen) atoms. The summed E-state index contributed by atoms with van der Waals surface area (Å²) in [5.41, 5.74) is 11.2. The van der Waals surface area contributed by atoms with Crippen molar-refractivity contribution in [3.8, 4) is 67.9 Å². The molecule has 0 N–H and O–H groups in total. The van der Waals surface area contributed by atoms with Crippen LogP contribution in [0.25, 0.3) is 67.2 Å². The highest BCUT2D eigenvalue weighted by molar-refractivity contribution is 5.96. The molecule has 0 atom stereocenters. The summed E-state index contributed by atoms with van der Waals surface area (Å²) in [5.74, 6) is 3.57. The number of benzene rings is 7. The highest BCUT2D eigenvalue weighted by atomic mass is 16.5. The summed E-state index contributed by atoms with van der Waals surface area (Å²) in [6.07, 6.45) is 3.75. The van der Waals surface area contributed by atoms with E-state index in [-0.39, 0.29) is 0 Å². The van der Waals surface area contributed by atoms with Crippen molar-refractivity contribution in [1.82, 2.24) is 19.9 Å². The van der Waals surface area contributed by atoms with Crippen LogP contribution in [0.2, 0.25) is 0 Å². The smallest absolute Gasteiger partial charge is 0.164 e. The number of rotatable bonds is 4. The highest BCUT2D eigenvalue weighted by Gasteiger charge is 2.51. The van der Waals surface area contributed by atoms with Gasteiger partial charge in [-0.3, -0.25) is 4.98 Å². The maximum absolute atomic E-state index is 6.65. The van der Waals surface area contributed by atoms with Crippen LogP contribution in [0.1, 0.15) is 22.3 Å². The van der Waals surface area contributed by atoms with Crippen LogP contribution in [-0.2, 0) is 5.41 Å². The third-order valence-electron chi connectivity index (χ3n) is 10.9. The lowest BCUT2D eigenvalue weighted by Gasteiger charge is -2.39. The Hall–Kier alpha value is -7.24. The molecule has 2 aromatic heterocycles. The highest BCUT2D eigenvalue weighted by Crippen LogP contribution is 2.62. The molecule has 1 aliphatic carbocycles. The average molecular weight is 691 g/mol. The summed E-state index contributed by atoms with van der Waals surface area (Å²) in [5, 5.41) is 2.23. The quantitative estimate of drug-likeness (QED) is 0.184. The first-order valence-corrected chi connectivity index (χ1v) is 18.1. The zero-order valence-corrected chi connectivity index (χ0v) is 29.0. The number of hydrogen-bond acceptors (Lipinski definition) is 5. The number of fused-ring (bicyclic) bond motifs is 10. The van der Waals surface area contributed by atoms with Gasteiger partial charge in [0.1, 0.15) is 11.5 Å². The van der Waals surface area contributed by atoms with E-state index in [9.17, 15) is 0 Å². The molecule has 11 rings (SSSR count). The van der Waals surface area contributed by atoms with Gasteiger partial charge in [-0.1, -0.05) is 140 Å². The summed E-state index contributed by atoms with van der Waals surface area (Å²) in [4.78, 5) is 20.0. The molecule has 3 heterocycles. The lowest BCUT2D eigenvalue weighted by Crippen LogP contribution is -2.32. The Morgan fingerprint density at radius 1 is 0.389 bits per heavy atom. The van der Waals surface area contributed by atoms with Gasteiger partial charge in [-0.05, 0) is 74.5 Å². The van der Waals surface area contributed by atoms with Crippen molar-refractivity contribution in [2.45, 2.75) is 5.41 Å². The fraction of sp³-hybridized carbons (Fsp3) is 0.0204. The molecule has 0 saturated heterocycles. The number of para-hydroxylation sites is 2. The minimum absolute atomic E-state index is 0.616. The third kappa shape index (κ3) is 4.52. The van der Waals surface area contributed by atoms with Gasteiger partial charge in [-0.25, -0.2) is 15.0 Å². The predicted molar refractivity (Wildman–Crippen MR) is 214 cm³/mol. The molecule has 5 heteroatoms. The van der Waals surface area contributed by atoms with E-state index in [0.717, 1.165) is 66.8 Å². The molecule has 7 aromatic carbocycles. The molecule has 0 unspecified atom stereocenters. The van der Waals surface area contributed by atoms with Crippen molar-refractivity contribution in [3.05, 3.63) is 205 Å². The molecule has 0 saturated carbocycles. The van der Waals surface area contributed by atoms with Gasteiger partial charge in [-0.15, -0.1) is 0 Å². The van der Waals surface area contributed by atoms with Gasteiger partial charge in [0.15, 0.2) is 17.5 Å². The molecule has 0 bridgehead atoms. The van der Waals surface area contributed by atoms with Crippen molar-refractivity contribution in [1.29, 1.82) is 0 Å². The zero-order chi connectivity index (χ0) is 35.6. The van der Waals surface area contributed by atoms with E-state index in [2.05, 4.69) is 138 Å². The molecule has 252 valence electrons. The number of nitrogens with zero attached hydrogens (tertiary/aromatic N) is 4. The number of pyridine rings is 1. The Bertz CT molecular complexity index is 2870. The molecule has 0 fully saturated rings. The third-order valence-corrected chi connectivity index (χ3v) is 10.9. The molecule has 0 radical (unpaired) electrons. The Morgan fingerprint density at radius 2 is 0.981 bits per heavy atom. The Labute approximate surface area is 312 Å². The zero-order valence-electron chi connectivity index (χ0n) is 29.0. The van der Waals surface area contributed by atoms with Crippen LogP contribution in [0.15, 0.2) is 182 Å². The minimum atomic E-state index is -0.669. The second kappa shape index (κ2) is 11.9. The van der Waals surface area contributed by atoms with E-state index in [0.29, 0.717) is 17.5 Å². The molecule has 1 aliphatic heterocycles. The Morgan fingerprint density at radius 3 is 1.72 bits per heavy atom. The summed E-state index contributed by atoms with van der Waals surface area (Å²) in [6.45, 7) is 0. The first-order valence-electron chi connectivity index (χ1n) is 18.1. The normalized spacial score (nSPS) is 13.1. The van der Waals surface area contributed by atoms with E-state index < -0.39 is 5.41 Å². The largest absolute Gasteiger partial charge is 0.457 e. The molecule has 2 aliphatic rings. The van der Waals surface area contributed by atoms with Gasteiger partial charge >= 0.3 is 0 Å². The van der Waals surface area contributed by atoms with Gasteiger partial charge in [0.25, 0.3) is 0 Å². The van der Waals surface area contributed by atoms with Crippen molar-refractivity contribution in [3.63, 3.8) is 0 Å². The molecular weight excluding hydrogens is 661 g/mol. The van der Waals surface area contributed by atoms with Crippen LogP contribution < -0.4 is 4.74 Å². The molecule has 1 spiro atoms. The van der Waals surface area contributed by atoms with Gasteiger partial charge in [0, 0.05) is 40.2 Å². The number of ether oxygens (including phenoxy) is 1. The lowest BCUT2D eigenvalue weighted by molar-refractivity contribution is 0.436. The predicted octanol–water partition coefficient (Wildman–Crippen LogP) is 11.6. The summed E-state index contributed by atoms with van der Waals surface area (Å²) < 4.78 is 6.65. The minimum Gasteiger partial charge on any atom is -0.457 e. The van der Waals surface area contributed by atoms with Crippen LogP contribution in [0.3, 0.4) is 0 Å². The molecule has 5 nitrogen and oxygen atoms in total. The van der Waals surface area contributed by atoms with E-state index >= 15 is 0 Å². The first kappa shape index (κ1) is 30.4. The SMILES string of the molecule is c1ccc(-c2nc(-c3ccc4c(c3)C3(c5ccccc5Oc5ccccc53)c3cc(-c5cccnc5)ccc3-4)nc(-c3cccc4ccccc34)n2)cc1. The molecule has 9 aromatic rings. The van der Waals surface area contributed by atoms with Crippen molar-refractivity contribution in [2.24, 2.45) is 0 Å². The monoisotopic (exact) mass is 690 g/mol. The standard InChI is InChI=1S/C49H30N4O/c1-2-13-32(14-3-1)46-51-47(53-48(52-46)39-18-10-15-31-12-4-5-17-36(31)39)34-24-26-38-37-25-23-33(35-16-11-27-50-30-35)28-42(37)49(43(38)29-34)40-19-6-8-21-44(40)54-45-22-9-7-20-41(45)49/h1-30H. The Balaban J connectivity index is 1.19.